The van der Waals surface area contributed by atoms with E-state index in [0.717, 1.165) is 13.1 Å². The standard InChI is InChI=1S/C7H5F3N2O2/c1-4-6(12(13)14)5(2-3-11-4)7(8,9)10/h2-3H,1H3. The molecule has 0 fully saturated rings. The molecule has 1 aromatic rings. The van der Waals surface area contributed by atoms with Crippen LogP contribution in [-0.2, 0) is 6.18 Å². The first-order chi connectivity index (χ1) is 6.34. The zero-order valence-electron chi connectivity index (χ0n) is 7.00. The number of rotatable bonds is 1. The maximum atomic E-state index is 12.3. The van der Waals surface area contributed by atoms with Crippen molar-refractivity contribution in [1.29, 1.82) is 0 Å². The molecule has 0 saturated heterocycles. The van der Waals surface area contributed by atoms with Crippen molar-refractivity contribution in [3.05, 3.63) is 33.6 Å². The van der Waals surface area contributed by atoms with Gasteiger partial charge in [0.2, 0.25) is 0 Å². The van der Waals surface area contributed by atoms with E-state index in [4.69, 9.17) is 0 Å². The second-order valence-corrected chi connectivity index (χ2v) is 2.55. The van der Waals surface area contributed by atoms with E-state index in [2.05, 4.69) is 4.98 Å². The molecule has 7 heteroatoms. The lowest BCUT2D eigenvalue weighted by atomic mass is 10.2. The second-order valence-electron chi connectivity index (χ2n) is 2.55. The third-order valence-electron chi connectivity index (χ3n) is 1.60. The lowest BCUT2D eigenvalue weighted by molar-refractivity contribution is -0.389. The minimum Gasteiger partial charge on any atom is -0.258 e. The number of nitrogens with zero attached hydrogens (tertiary/aromatic N) is 2. The molecule has 0 N–H and O–H groups in total. The number of nitro groups is 1. The van der Waals surface area contributed by atoms with Crippen LogP contribution in [0.15, 0.2) is 12.3 Å². The van der Waals surface area contributed by atoms with Crippen LogP contribution in [0.2, 0.25) is 0 Å². The third kappa shape index (κ3) is 1.81. The third-order valence-corrected chi connectivity index (χ3v) is 1.60. The molecule has 0 unspecified atom stereocenters. The largest absolute Gasteiger partial charge is 0.423 e. The summed E-state index contributed by atoms with van der Waals surface area (Å²) < 4.78 is 36.8. The Labute approximate surface area is 76.5 Å². The number of pyridine rings is 1. The molecule has 0 aromatic carbocycles. The van der Waals surface area contributed by atoms with Gasteiger partial charge in [-0.3, -0.25) is 15.1 Å². The van der Waals surface area contributed by atoms with E-state index in [9.17, 15) is 23.3 Å². The average molecular weight is 206 g/mol. The maximum Gasteiger partial charge on any atom is 0.423 e. The van der Waals surface area contributed by atoms with Gasteiger partial charge in [0.1, 0.15) is 11.3 Å². The van der Waals surface area contributed by atoms with Gasteiger partial charge in [0.15, 0.2) is 0 Å². The van der Waals surface area contributed by atoms with Crippen molar-refractivity contribution in [1.82, 2.24) is 4.98 Å². The fraction of sp³-hybridized carbons (Fsp3) is 0.286. The molecule has 0 bridgehead atoms. The van der Waals surface area contributed by atoms with E-state index in [0.29, 0.717) is 6.07 Å². The predicted octanol–water partition coefficient (Wildman–Crippen LogP) is 2.32. The summed E-state index contributed by atoms with van der Waals surface area (Å²) in [5, 5.41) is 10.4. The van der Waals surface area contributed by atoms with Crippen molar-refractivity contribution < 1.29 is 18.1 Å². The van der Waals surface area contributed by atoms with E-state index in [-0.39, 0.29) is 5.69 Å². The average Bonchev–Trinajstić information content (AvgIpc) is 2.01. The second kappa shape index (κ2) is 3.24. The number of hydrogen-bond donors (Lipinski definition) is 0. The summed E-state index contributed by atoms with van der Waals surface area (Å²) in [6.07, 6.45) is -3.83. The molecule has 0 spiro atoms. The van der Waals surface area contributed by atoms with Gasteiger partial charge in [0, 0.05) is 6.20 Å². The molecule has 1 heterocycles. The Morgan fingerprint density at radius 1 is 1.50 bits per heavy atom. The zero-order chi connectivity index (χ0) is 10.9. The molecule has 0 saturated carbocycles. The maximum absolute atomic E-state index is 12.3. The van der Waals surface area contributed by atoms with E-state index in [1.807, 2.05) is 0 Å². The van der Waals surface area contributed by atoms with Crippen LogP contribution >= 0.6 is 0 Å². The highest BCUT2D eigenvalue weighted by Crippen LogP contribution is 2.36. The number of halogens is 3. The molecule has 76 valence electrons. The normalized spacial score (nSPS) is 11.4. The Bertz CT molecular complexity index is 376. The fourth-order valence-corrected chi connectivity index (χ4v) is 1.02. The lowest BCUT2D eigenvalue weighted by Crippen LogP contribution is -2.10. The molecule has 0 aliphatic rings. The molecule has 1 aromatic heterocycles. The van der Waals surface area contributed by atoms with Crippen molar-refractivity contribution in [2.45, 2.75) is 13.1 Å². The summed E-state index contributed by atoms with van der Waals surface area (Å²) in [4.78, 5) is 12.7. The van der Waals surface area contributed by atoms with Gasteiger partial charge in [0.25, 0.3) is 0 Å². The van der Waals surface area contributed by atoms with Crippen LogP contribution in [-0.4, -0.2) is 9.91 Å². The number of aryl methyl sites for hydroxylation is 1. The van der Waals surface area contributed by atoms with Gasteiger partial charge in [-0.25, -0.2) is 0 Å². The zero-order valence-corrected chi connectivity index (χ0v) is 7.00. The molecule has 4 nitrogen and oxygen atoms in total. The molecular formula is C7H5F3N2O2. The fourth-order valence-electron chi connectivity index (χ4n) is 1.02. The topological polar surface area (TPSA) is 56.0 Å². The molecule has 0 aliphatic heterocycles. The Hall–Kier alpha value is -1.66. The molecule has 1 rings (SSSR count). The highest BCUT2D eigenvalue weighted by Gasteiger charge is 2.39. The first-order valence-electron chi connectivity index (χ1n) is 3.51. The van der Waals surface area contributed by atoms with Gasteiger partial charge >= 0.3 is 11.9 Å². The van der Waals surface area contributed by atoms with Gasteiger partial charge < -0.3 is 0 Å². The first-order valence-corrected chi connectivity index (χ1v) is 3.51. The quantitative estimate of drug-likeness (QED) is 0.523. The van der Waals surface area contributed by atoms with Gasteiger partial charge in [-0.1, -0.05) is 0 Å². The minimum atomic E-state index is -4.73. The lowest BCUT2D eigenvalue weighted by Gasteiger charge is -2.07. The molecule has 0 radical (unpaired) electrons. The van der Waals surface area contributed by atoms with Crippen LogP contribution in [0, 0.1) is 17.0 Å². The van der Waals surface area contributed by atoms with Gasteiger partial charge in [-0.2, -0.15) is 13.2 Å². The van der Waals surface area contributed by atoms with Crippen LogP contribution in [0.25, 0.3) is 0 Å². The van der Waals surface area contributed by atoms with Crippen LogP contribution in [0.3, 0.4) is 0 Å². The monoisotopic (exact) mass is 206 g/mol. The highest BCUT2D eigenvalue weighted by molar-refractivity contribution is 5.44. The molecule has 0 amide bonds. The van der Waals surface area contributed by atoms with Gasteiger partial charge in [-0.15, -0.1) is 0 Å². The minimum absolute atomic E-state index is 0.246. The van der Waals surface area contributed by atoms with Gasteiger partial charge in [0.05, 0.1) is 4.92 Å². The summed E-state index contributed by atoms with van der Waals surface area (Å²) in [7, 11) is 0. The van der Waals surface area contributed by atoms with E-state index < -0.39 is 22.4 Å². The van der Waals surface area contributed by atoms with Crippen molar-refractivity contribution in [3.8, 4) is 0 Å². The summed E-state index contributed by atoms with van der Waals surface area (Å²) in [5.41, 5.74) is -2.50. The molecular weight excluding hydrogens is 201 g/mol. The smallest absolute Gasteiger partial charge is 0.258 e. The molecule has 14 heavy (non-hydrogen) atoms. The Morgan fingerprint density at radius 3 is 2.43 bits per heavy atom. The van der Waals surface area contributed by atoms with Crippen LogP contribution in [0.1, 0.15) is 11.3 Å². The van der Waals surface area contributed by atoms with E-state index >= 15 is 0 Å². The van der Waals surface area contributed by atoms with E-state index in [1.54, 1.807) is 0 Å². The van der Waals surface area contributed by atoms with Gasteiger partial charge in [-0.05, 0) is 13.0 Å². The SMILES string of the molecule is Cc1nccc(C(F)(F)F)c1[N+](=O)[O-]. The number of alkyl halides is 3. The van der Waals surface area contributed by atoms with Crippen molar-refractivity contribution in [2.24, 2.45) is 0 Å². The summed E-state index contributed by atoms with van der Waals surface area (Å²) in [5.74, 6) is 0. The Kier molecular flexibility index (Phi) is 2.41. The number of aromatic nitrogens is 1. The Balaban J connectivity index is 3.44. The van der Waals surface area contributed by atoms with Crippen LogP contribution in [0.5, 0.6) is 0 Å². The molecule has 0 aliphatic carbocycles. The Morgan fingerprint density at radius 2 is 2.07 bits per heavy atom. The first kappa shape index (κ1) is 10.4. The van der Waals surface area contributed by atoms with Crippen molar-refractivity contribution in [3.63, 3.8) is 0 Å². The molecule has 0 atom stereocenters. The highest BCUT2D eigenvalue weighted by atomic mass is 19.4. The summed E-state index contributed by atoms with van der Waals surface area (Å²) in [6, 6.07) is 0.588. The van der Waals surface area contributed by atoms with Crippen molar-refractivity contribution >= 4 is 5.69 Å². The predicted molar refractivity (Wildman–Crippen MR) is 40.6 cm³/mol. The van der Waals surface area contributed by atoms with Crippen molar-refractivity contribution in [2.75, 3.05) is 0 Å². The van der Waals surface area contributed by atoms with Crippen LogP contribution < -0.4 is 0 Å². The summed E-state index contributed by atoms with van der Waals surface area (Å²) in [6.45, 7) is 1.16. The van der Waals surface area contributed by atoms with Crippen LogP contribution in [0.4, 0.5) is 18.9 Å². The number of hydrogen-bond acceptors (Lipinski definition) is 3. The summed E-state index contributed by atoms with van der Waals surface area (Å²) >= 11 is 0. The van der Waals surface area contributed by atoms with E-state index in [1.165, 1.54) is 0 Å².